The van der Waals surface area contributed by atoms with Crippen LogP contribution in [0.5, 0.6) is 0 Å². The van der Waals surface area contributed by atoms with E-state index in [-0.39, 0.29) is 0 Å². The highest BCUT2D eigenvalue weighted by Gasteiger charge is 2.38. The van der Waals surface area contributed by atoms with E-state index in [4.69, 9.17) is 9.97 Å². The van der Waals surface area contributed by atoms with Crippen molar-refractivity contribution in [1.29, 1.82) is 0 Å². The molecule has 3 heterocycles. The first-order valence-corrected chi connectivity index (χ1v) is 15.4. The smallest absolute Gasteiger partial charge is 0.117 e. The fraction of sp³-hybridized carbons (Fsp3) is 0.0625. The van der Waals surface area contributed by atoms with Crippen LogP contribution in [0, 0.1) is 0 Å². The third kappa shape index (κ3) is 2.98. The van der Waals surface area contributed by atoms with Crippen LogP contribution in [0.25, 0.3) is 32.9 Å². The van der Waals surface area contributed by atoms with Crippen molar-refractivity contribution in [2.24, 2.45) is 0 Å². The molecule has 0 amide bonds. The summed E-state index contributed by atoms with van der Waals surface area (Å²) in [4.78, 5) is 12.1. The second-order valence-corrected chi connectivity index (χ2v) is 14.2. The van der Waals surface area contributed by atoms with Crippen LogP contribution < -0.4 is 15.3 Å². The molecule has 0 fully saturated rings. The first kappa shape index (κ1) is 21.0. The molecule has 1 aliphatic heterocycles. The Kier molecular flexibility index (Phi) is 4.60. The van der Waals surface area contributed by atoms with Crippen molar-refractivity contribution in [3.05, 3.63) is 116 Å². The van der Waals surface area contributed by atoms with E-state index < -0.39 is 8.07 Å². The second-order valence-electron chi connectivity index (χ2n) is 9.91. The van der Waals surface area contributed by atoms with Gasteiger partial charge in [0.25, 0.3) is 0 Å². The fourth-order valence-corrected chi connectivity index (χ4v) is 8.79. The minimum atomic E-state index is -1.83. The molecule has 0 unspecified atom stereocenters. The number of para-hydroxylation sites is 2. The van der Waals surface area contributed by atoms with E-state index in [0.29, 0.717) is 0 Å². The molecule has 1 aliphatic rings. The van der Waals surface area contributed by atoms with Crippen LogP contribution in [0.15, 0.2) is 116 Å². The van der Waals surface area contributed by atoms with Crippen molar-refractivity contribution in [2.75, 3.05) is 4.90 Å². The predicted octanol–water partition coefficient (Wildman–Crippen LogP) is 7.06. The van der Waals surface area contributed by atoms with Crippen LogP contribution in [0.1, 0.15) is 0 Å². The Labute approximate surface area is 211 Å². The molecule has 6 aromatic rings. The maximum absolute atomic E-state index is 4.86. The number of rotatable bonds is 2. The van der Waals surface area contributed by atoms with E-state index in [1.807, 2.05) is 12.4 Å². The van der Waals surface area contributed by atoms with Gasteiger partial charge in [-0.1, -0.05) is 85.9 Å². The van der Waals surface area contributed by atoms with Crippen molar-refractivity contribution >= 4 is 57.3 Å². The van der Waals surface area contributed by atoms with E-state index in [1.165, 1.54) is 32.9 Å². The first-order valence-electron chi connectivity index (χ1n) is 12.4. The Bertz CT molecular complexity index is 1730. The average molecular weight is 480 g/mol. The van der Waals surface area contributed by atoms with Gasteiger partial charge in [-0.25, -0.2) is 0 Å². The number of nitrogens with zero attached hydrogens (tertiary/aromatic N) is 3. The number of anilines is 3. The maximum Gasteiger partial charge on any atom is 0.117 e. The monoisotopic (exact) mass is 479 g/mol. The largest absolute Gasteiger partial charge is 0.310 e. The second kappa shape index (κ2) is 7.87. The number of benzene rings is 4. The van der Waals surface area contributed by atoms with Gasteiger partial charge in [0.05, 0.1) is 16.7 Å². The molecular weight excluding hydrogens is 454 g/mol. The van der Waals surface area contributed by atoms with Gasteiger partial charge in [0.1, 0.15) is 8.07 Å². The molecule has 4 heteroatoms. The molecule has 2 aromatic heterocycles. The van der Waals surface area contributed by atoms with Gasteiger partial charge in [0.15, 0.2) is 0 Å². The van der Waals surface area contributed by atoms with Crippen molar-refractivity contribution in [1.82, 2.24) is 9.97 Å². The van der Waals surface area contributed by atoms with Gasteiger partial charge >= 0.3 is 0 Å². The van der Waals surface area contributed by atoms with E-state index in [1.54, 1.807) is 0 Å². The van der Waals surface area contributed by atoms with Crippen molar-refractivity contribution in [3.8, 4) is 11.1 Å². The summed E-state index contributed by atoms with van der Waals surface area (Å²) in [5.41, 5.74) is 7.91. The van der Waals surface area contributed by atoms with Crippen molar-refractivity contribution in [3.63, 3.8) is 0 Å². The Morgan fingerprint density at radius 3 is 1.78 bits per heavy atom. The standard InChI is InChI=1S/C32H25N3Si/c1-36(2)29-14-8-6-12-27(29)35(28-13-7-9-15-30(28)36)26-19-21-34-32-25(26)17-16-24-23(18-20-33-31(24)32)22-10-4-3-5-11-22/h3-21H,1-2H3. The number of hydrogen-bond acceptors (Lipinski definition) is 3. The normalized spacial score (nSPS) is 14.0. The summed E-state index contributed by atoms with van der Waals surface area (Å²) < 4.78 is 0. The molecule has 0 saturated heterocycles. The van der Waals surface area contributed by atoms with Gasteiger partial charge in [-0.3, -0.25) is 9.97 Å². The Morgan fingerprint density at radius 1 is 0.528 bits per heavy atom. The first-order chi connectivity index (χ1) is 17.6. The zero-order valence-corrected chi connectivity index (χ0v) is 21.3. The van der Waals surface area contributed by atoms with E-state index in [0.717, 1.165) is 27.5 Å². The minimum absolute atomic E-state index is 0.930. The quantitative estimate of drug-likeness (QED) is 0.197. The molecular formula is C32H25N3Si. The Morgan fingerprint density at radius 2 is 1.08 bits per heavy atom. The third-order valence-corrected chi connectivity index (χ3v) is 11.1. The molecule has 0 N–H and O–H groups in total. The third-order valence-electron chi connectivity index (χ3n) is 7.56. The molecule has 4 aromatic carbocycles. The minimum Gasteiger partial charge on any atom is -0.310 e. The molecule has 0 atom stereocenters. The summed E-state index contributed by atoms with van der Waals surface area (Å²) >= 11 is 0. The van der Waals surface area contributed by atoms with Crippen LogP contribution >= 0.6 is 0 Å². The summed E-state index contributed by atoms with van der Waals surface area (Å²) in [6, 6.07) is 37.0. The van der Waals surface area contributed by atoms with Crippen molar-refractivity contribution in [2.45, 2.75) is 13.1 Å². The summed E-state index contributed by atoms with van der Waals surface area (Å²) in [5, 5.41) is 5.14. The molecule has 0 aliphatic carbocycles. The van der Waals surface area contributed by atoms with Gasteiger partial charge in [0.2, 0.25) is 0 Å². The van der Waals surface area contributed by atoms with E-state index >= 15 is 0 Å². The zero-order valence-electron chi connectivity index (χ0n) is 20.3. The highest BCUT2D eigenvalue weighted by atomic mass is 28.3. The topological polar surface area (TPSA) is 29.0 Å². The van der Waals surface area contributed by atoms with Crippen LogP contribution in [-0.2, 0) is 0 Å². The maximum atomic E-state index is 4.86. The van der Waals surface area contributed by atoms with Crippen LogP contribution in [0.2, 0.25) is 13.1 Å². The molecule has 0 saturated carbocycles. The number of pyridine rings is 2. The molecule has 172 valence electrons. The number of fused-ring (bicyclic) bond motifs is 5. The van der Waals surface area contributed by atoms with Crippen LogP contribution in [0.3, 0.4) is 0 Å². The van der Waals surface area contributed by atoms with E-state index in [9.17, 15) is 0 Å². The molecule has 0 radical (unpaired) electrons. The van der Waals surface area contributed by atoms with Crippen molar-refractivity contribution < 1.29 is 0 Å². The van der Waals surface area contributed by atoms with Crippen LogP contribution in [0.4, 0.5) is 17.1 Å². The van der Waals surface area contributed by atoms with Gasteiger partial charge in [0, 0.05) is 34.5 Å². The Balaban J connectivity index is 1.52. The SMILES string of the molecule is C[Si]1(C)c2ccccc2N(c2ccnc3c2ccc2c(-c4ccccc4)ccnc23)c2ccccc21. The lowest BCUT2D eigenvalue weighted by molar-refractivity contribution is 1.28. The number of hydrogen-bond donors (Lipinski definition) is 0. The summed E-state index contributed by atoms with van der Waals surface area (Å²) in [6.07, 6.45) is 3.83. The van der Waals surface area contributed by atoms with E-state index in [2.05, 4.69) is 121 Å². The Hall–Kier alpha value is -4.28. The summed E-state index contributed by atoms with van der Waals surface area (Å²) in [6.45, 7) is 4.91. The average Bonchev–Trinajstić information content (AvgIpc) is 2.93. The molecule has 0 bridgehead atoms. The molecule has 7 rings (SSSR count). The van der Waals surface area contributed by atoms with Gasteiger partial charge < -0.3 is 4.90 Å². The van der Waals surface area contributed by atoms with Crippen LogP contribution in [-0.4, -0.2) is 18.0 Å². The highest BCUT2D eigenvalue weighted by molar-refractivity contribution is 7.02. The lowest BCUT2D eigenvalue weighted by Crippen LogP contribution is -2.58. The van der Waals surface area contributed by atoms with Gasteiger partial charge in [-0.2, -0.15) is 0 Å². The molecule has 0 spiro atoms. The molecule has 3 nitrogen and oxygen atoms in total. The van der Waals surface area contributed by atoms with Gasteiger partial charge in [-0.05, 0) is 51.8 Å². The lowest BCUT2D eigenvalue weighted by atomic mass is 9.99. The molecule has 36 heavy (non-hydrogen) atoms. The lowest BCUT2D eigenvalue weighted by Gasteiger charge is -2.41. The summed E-state index contributed by atoms with van der Waals surface area (Å²) in [5.74, 6) is 0. The summed E-state index contributed by atoms with van der Waals surface area (Å²) in [7, 11) is -1.83. The van der Waals surface area contributed by atoms with Gasteiger partial charge in [-0.15, -0.1) is 0 Å². The predicted molar refractivity (Wildman–Crippen MR) is 154 cm³/mol. The fourth-order valence-electron chi connectivity index (χ4n) is 5.81. The zero-order chi connectivity index (χ0) is 24.3. The number of aromatic nitrogens is 2. The highest BCUT2D eigenvalue weighted by Crippen LogP contribution is 2.42.